The average Bonchev–Trinajstić information content (AvgIpc) is 2.68. The van der Waals surface area contributed by atoms with Crippen molar-refractivity contribution in [2.24, 2.45) is 11.5 Å². The van der Waals surface area contributed by atoms with Crippen LogP contribution in [0.4, 0.5) is 0 Å². The highest BCUT2D eigenvalue weighted by molar-refractivity contribution is 7.07. The minimum absolute atomic E-state index is 0.0334. The van der Waals surface area contributed by atoms with Gasteiger partial charge in [0.05, 0.1) is 12.6 Å². The van der Waals surface area contributed by atoms with Gasteiger partial charge in [0.1, 0.15) is 0 Å². The van der Waals surface area contributed by atoms with Crippen molar-refractivity contribution in [3.63, 3.8) is 0 Å². The summed E-state index contributed by atoms with van der Waals surface area (Å²) >= 11 is 1.63. The predicted octanol–water partition coefficient (Wildman–Crippen LogP) is 0.944. The molecule has 2 atom stereocenters. The molecule has 1 aromatic heterocycles. The number of carbonyl (C=O) groups excluding carboxylic acids is 1. The molecule has 0 aliphatic carbocycles. The smallest absolute Gasteiger partial charge is 0.231 e. The summed E-state index contributed by atoms with van der Waals surface area (Å²) in [6, 6.07) is 2.07. The molecular weight excluding hydrogens is 222 g/mol. The highest BCUT2D eigenvalue weighted by atomic mass is 32.1. The third kappa shape index (κ3) is 3.30. The molecule has 1 amide bonds. The first-order valence-corrected chi connectivity index (χ1v) is 6.30. The third-order valence-corrected chi connectivity index (χ3v) is 3.24. The largest absolute Gasteiger partial charge is 0.369 e. The van der Waals surface area contributed by atoms with Crippen molar-refractivity contribution in [1.29, 1.82) is 0 Å². The van der Waals surface area contributed by atoms with Crippen LogP contribution >= 0.6 is 11.3 Å². The van der Waals surface area contributed by atoms with Crippen LogP contribution in [-0.2, 0) is 4.79 Å². The fraction of sp³-hybridized carbons (Fsp3) is 0.545. The van der Waals surface area contributed by atoms with Gasteiger partial charge in [0.15, 0.2) is 0 Å². The predicted molar refractivity (Wildman–Crippen MR) is 67.2 cm³/mol. The van der Waals surface area contributed by atoms with E-state index in [1.165, 1.54) is 0 Å². The van der Waals surface area contributed by atoms with E-state index in [4.69, 9.17) is 11.5 Å². The normalized spacial score (nSPS) is 15.0. The molecule has 0 saturated heterocycles. The summed E-state index contributed by atoms with van der Waals surface area (Å²) in [6.45, 7) is 4.96. The first-order chi connectivity index (χ1) is 7.56. The molecule has 1 heterocycles. The monoisotopic (exact) mass is 241 g/mol. The van der Waals surface area contributed by atoms with E-state index < -0.39 is 0 Å². The fourth-order valence-electron chi connectivity index (χ4n) is 1.90. The molecule has 0 saturated carbocycles. The molecule has 5 heteroatoms. The zero-order valence-corrected chi connectivity index (χ0v) is 10.5. The number of primary amides is 1. The highest BCUT2D eigenvalue weighted by Crippen LogP contribution is 2.25. The molecule has 0 aromatic carbocycles. The summed E-state index contributed by atoms with van der Waals surface area (Å²) < 4.78 is 0. The van der Waals surface area contributed by atoms with Gasteiger partial charge >= 0.3 is 0 Å². The zero-order chi connectivity index (χ0) is 12.1. The Hall–Kier alpha value is -0.910. The first-order valence-electron chi connectivity index (χ1n) is 5.36. The third-order valence-electron chi connectivity index (χ3n) is 2.54. The minimum atomic E-state index is -0.317. The standard InChI is InChI=1S/C11H19N3OS/c1-3-14(6-10(13)15)11(8(2)12)9-4-5-16-7-9/h4-5,7-8,11H,3,6,12H2,1-2H3,(H2,13,15). The molecule has 0 fully saturated rings. The summed E-state index contributed by atoms with van der Waals surface area (Å²) in [7, 11) is 0. The maximum absolute atomic E-state index is 11.0. The van der Waals surface area contributed by atoms with E-state index in [1.807, 2.05) is 30.2 Å². The van der Waals surface area contributed by atoms with Gasteiger partial charge in [0.25, 0.3) is 0 Å². The second-order valence-electron chi connectivity index (χ2n) is 3.89. The van der Waals surface area contributed by atoms with Crippen molar-refractivity contribution in [2.75, 3.05) is 13.1 Å². The van der Waals surface area contributed by atoms with Crippen molar-refractivity contribution in [3.8, 4) is 0 Å². The molecule has 0 spiro atoms. The fourth-order valence-corrected chi connectivity index (χ4v) is 2.59. The van der Waals surface area contributed by atoms with Gasteiger partial charge in [-0.3, -0.25) is 9.69 Å². The summed E-state index contributed by atoms with van der Waals surface area (Å²) in [4.78, 5) is 13.0. The minimum Gasteiger partial charge on any atom is -0.369 e. The van der Waals surface area contributed by atoms with Gasteiger partial charge in [0, 0.05) is 6.04 Å². The van der Waals surface area contributed by atoms with Gasteiger partial charge in [-0.2, -0.15) is 11.3 Å². The Labute approximate surface area is 100 Å². The number of likely N-dealkylation sites (N-methyl/N-ethyl adjacent to an activating group) is 1. The highest BCUT2D eigenvalue weighted by Gasteiger charge is 2.24. The Kier molecular flexibility index (Phi) is 4.92. The number of amides is 1. The van der Waals surface area contributed by atoms with Crippen LogP contribution < -0.4 is 11.5 Å². The average molecular weight is 241 g/mol. The summed E-state index contributed by atoms with van der Waals surface area (Å²) in [5.41, 5.74) is 12.4. The number of hydrogen-bond acceptors (Lipinski definition) is 4. The van der Waals surface area contributed by atoms with Crippen LogP contribution in [-0.4, -0.2) is 29.9 Å². The number of carbonyl (C=O) groups is 1. The number of nitrogens with zero attached hydrogens (tertiary/aromatic N) is 1. The van der Waals surface area contributed by atoms with Crippen molar-refractivity contribution in [3.05, 3.63) is 22.4 Å². The molecule has 16 heavy (non-hydrogen) atoms. The number of hydrogen-bond donors (Lipinski definition) is 2. The van der Waals surface area contributed by atoms with Crippen LogP contribution in [0.2, 0.25) is 0 Å². The quantitative estimate of drug-likeness (QED) is 0.778. The van der Waals surface area contributed by atoms with E-state index in [2.05, 4.69) is 5.38 Å². The lowest BCUT2D eigenvalue weighted by molar-refractivity contribution is -0.119. The van der Waals surface area contributed by atoms with Crippen LogP contribution in [0.3, 0.4) is 0 Å². The van der Waals surface area contributed by atoms with Gasteiger partial charge < -0.3 is 11.5 Å². The van der Waals surface area contributed by atoms with Gasteiger partial charge in [-0.15, -0.1) is 0 Å². The van der Waals surface area contributed by atoms with Crippen molar-refractivity contribution >= 4 is 17.2 Å². The Morgan fingerprint density at radius 1 is 1.62 bits per heavy atom. The Bertz CT molecular complexity index is 324. The van der Waals surface area contributed by atoms with Crippen LogP contribution in [0, 0.1) is 0 Å². The van der Waals surface area contributed by atoms with Gasteiger partial charge in [-0.1, -0.05) is 6.92 Å². The first kappa shape index (κ1) is 13.2. The Morgan fingerprint density at radius 3 is 2.69 bits per heavy atom. The van der Waals surface area contributed by atoms with E-state index in [1.54, 1.807) is 11.3 Å². The van der Waals surface area contributed by atoms with Gasteiger partial charge in [-0.05, 0) is 35.9 Å². The summed E-state index contributed by atoms with van der Waals surface area (Å²) in [5, 5.41) is 4.08. The van der Waals surface area contributed by atoms with E-state index in [0.717, 1.165) is 12.1 Å². The maximum Gasteiger partial charge on any atom is 0.231 e. The van der Waals surface area contributed by atoms with Crippen LogP contribution in [0.1, 0.15) is 25.5 Å². The molecule has 1 rings (SSSR count). The van der Waals surface area contributed by atoms with E-state index >= 15 is 0 Å². The molecule has 0 radical (unpaired) electrons. The second kappa shape index (κ2) is 5.98. The summed E-state index contributed by atoms with van der Waals surface area (Å²) in [6.07, 6.45) is 0. The second-order valence-corrected chi connectivity index (χ2v) is 4.67. The van der Waals surface area contributed by atoms with E-state index in [-0.39, 0.29) is 24.5 Å². The number of thiophene rings is 1. The zero-order valence-electron chi connectivity index (χ0n) is 9.72. The topological polar surface area (TPSA) is 72.3 Å². The lowest BCUT2D eigenvalue weighted by Crippen LogP contribution is -2.43. The van der Waals surface area contributed by atoms with Crippen LogP contribution in [0.5, 0.6) is 0 Å². The van der Waals surface area contributed by atoms with Crippen LogP contribution in [0.25, 0.3) is 0 Å². The van der Waals surface area contributed by atoms with E-state index in [9.17, 15) is 4.79 Å². The molecule has 0 bridgehead atoms. The molecule has 1 aromatic rings. The van der Waals surface area contributed by atoms with Crippen molar-refractivity contribution in [1.82, 2.24) is 4.90 Å². The maximum atomic E-state index is 11.0. The number of nitrogens with two attached hydrogens (primary N) is 2. The molecule has 0 aliphatic rings. The number of rotatable bonds is 6. The molecule has 2 unspecified atom stereocenters. The molecule has 4 N–H and O–H groups in total. The molecule has 4 nitrogen and oxygen atoms in total. The SMILES string of the molecule is CCN(CC(N)=O)C(c1ccsc1)C(C)N. The Morgan fingerprint density at radius 2 is 2.31 bits per heavy atom. The molecular formula is C11H19N3OS. The van der Waals surface area contributed by atoms with Gasteiger partial charge in [-0.25, -0.2) is 0 Å². The lowest BCUT2D eigenvalue weighted by Gasteiger charge is -2.32. The lowest BCUT2D eigenvalue weighted by atomic mass is 10.0. The van der Waals surface area contributed by atoms with E-state index in [0.29, 0.717) is 0 Å². The van der Waals surface area contributed by atoms with Crippen molar-refractivity contribution < 1.29 is 4.79 Å². The summed E-state index contributed by atoms with van der Waals surface area (Å²) in [5.74, 6) is -0.317. The van der Waals surface area contributed by atoms with Crippen molar-refractivity contribution in [2.45, 2.75) is 25.9 Å². The molecule has 90 valence electrons. The Balaban J connectivity index is 2.87. The van der Waals surface area contributed by atoms with Crippen LogP contribution in [0.15, 0.2) is 16.8 Å². The van der Waals surface area contributed by atoms with Gasteiger partial charge in [0.2, 0.25) is 5.91 Å². The molecule has 0 aliphatic heterocycles.